The van der Waals surface area contributed by atoms with E-state index in [-0.39, 0.29) is 12.0 Å². The Bertz CT molecular complexity index is 368. The highest BCUT2D eigenvalue weighted by Gasteiger charge is 2.18. The third-order valence-electron chi connectivity index (χ3n) is 2.46. The Balaban J connectivity index is 2.46. The summed E-state index contributed by atoms with van der Waals surface area (Å²) in [6.07, 6.45) is 4.93. The van der Waals surface area contributed by atoms with Crippen molar-refractivity contribution in [2.75, 3.05) is 13.2 Å². The molecule has 1 heterocycles. The van der Waals surface area contributed by atoms with E-state index in [4.69, 9.17) is 16.3 Å². The normalized spacial score (nSPS) is 12.4. The van der Waals surface area contributed by atoms with Crippen molar-refractivity contribution in [3.8, 4) is 0 Å². The molecule has 0 fully saturated rings. The van der Waals surface area contributed by atoms with Crippen molar-refractivity contribution in [2.24, 2.45) is 0 Å². The van der Waals surface area contributed by atoms with Crippen LogP contribution in [0, 0.1) is 0 Å². The van der Waals surface area contributed by atoms with Crippen LogP contribution in [0.4, 0.5) is 0 Å². The second-order valence-electron chi connectivity index (χ2n) is 3.97. The molecule has 0 bridgehead atoms. The SMILES string of the molecule is CCCNC(CCn1cc(Cl)cn1)C(=O)OCC. The number of hydrogen-bond donors (Lipinski definition) is 1. The Morgan fingerprint density at radius 1 is 1.61 bits per heavy atom. The number of nitrogens with zero attached hydrogens (tertiary/aromatic N) is 2. The van der Waals surface area contributed by atoms with Crippen LogP contribution in [0.3, 0.4) is 0 Å². The van der Waals surface area contributed by atoms with Gasteiger partial charge in [-0.25, -0.2) is 0 Å². The van der Waals surface area contributed by atoms with Crippen molar-refractivity contribution in [2.45, 2.75) is 39.3 Å². The van der Waals surface area contributed by atoms with E-state index in [1.54, 1.807) is 17.1 Å². The second-order valence-corrected chi connectivity index (χ2v) is 4.41. The van der Waals surface area contributed by atoms with Crippen LogP contribution in [0.2, 0.25) is 5.02 Å². The Kier molecular flexibility index (Phi) is 6.75. The molecule has 0 saturated carbocycles. The summed E-state index contributed by atoms with van der Waals surface area (Å²) in [7, 11) is 0. The molecule has 1 atom stereocenters. The Morgan fingerprint density at radius 3 is 2.94 bits per heavy atom. The number of esters is 1. The summed E-state index contributed by atoms with van der Waals surface area (Å²) >= 11 is 5.78. The average Bonchev–Trinajstić information content (AvgIpc) is 2.75. The molecule has 0 spiro atoms. The minimum absolute atomic E-state index is 0.204. The van der Waals surface area contributed by atoms with Crippen LogP contribution in [0.15, 0.2) is 12.4 Å². The molecular weight excluding hydrogens is 254 g/mol. The van der Waals surface area contributed by atoms with Crippen LogP contribution >= 0.6 is 11.6 Å². The van der Waals surface area contributed by atoms with E-state index in [9.17, 15) is 4.79 Å². The van der Waals surface area contributed by atoms with Crippen LogP contribution in [-0.4, -0.2) is 34.9 Å². The van der Waals surface area contributed by atoms with Crippen molar-refractivity contribution in [3.05, 3.63) is 17.4 Å². The zero-order valence-corrected chi connectivity index (χ0v) is 11.6. The van der Waals surface area contributed by atoms with E-state index >= 15 is 0 Å². The summed E-state index contributed by atoms with van der Waals surface area (Å²) in [4.78, 5) is 11.7. The highest BCUT2D eigenvalue weighted by molar-refractivity contribution is 6.30. The van der Waals surface area contributed by atoms with E-state index in [0.29, 0.717) is 24.6 Å². The number of rotatable bonds is 8. The van der Waals surface area contributed by atoms with Gasteiger partial charge in [0.1, 0.15) is 6.04 Å². The lowest BCUT2D eigenvalue weighted by Crippen LogP contribution is -2.39. The molecule has 1 unspecified atom stereocenters. The lowest BCUT2D eigenvalue weighted by Gasteiger charge is -2.16. The van der Waals surface area contributed by atoms with Crippen LogP contribution < -0.4 is 5.32 Å². The summed E-state index contributed by atoms with van der Waals surface area (Å²) in [5, 5.41) is 7.86. The summed E-state index contributed by atoms with van der Waals surface area (Å²) in [5.74, 6) is -0.204. The van der Waals surface area contributed by atoms with Gasteiger partial charge in [-0.2, -0.15) is 5.10 Å². The maximum atomic E-state index is 11.7. The van der Waals surface area contributed by atoms with Gasteiger partial charge in [-0.3, -0.25) is 9.48 Å². The van der Waals surface area contributed by atoms with Gasteiger partial charge in [-0.15, -0.1) is 0 Å². The van der Waals surface area contributed by atoms with Gasteiger partial charge in [0, 0.05) is 12.7 Å². The largest absolute Gasteiger partial charge is 0.465 e. The van der Waals surface area contributed by atoms with Crippen LogP contribution in [0.1, 0.15) is 26.7 Å². The first-order valence-corrected chi connectivity index (χ1v) is 6.63. The fraction of sp³-hybridized carbons (Fsp3) is 0.667. The molecule has 0 aliphatic carbocycles. The number of ether oxygens (including phenoxy) is 1. The Labute approximate surface area is 112 Å². The molecule has 102 valence electrons. The van der Waals surface area contributed by atoms with Crippen LogP contribution in [0.25, 0.3) is 0 Å². The molecule has 6 heteroatoms. The van der Waals surface area contributed by atoms with Gasteiger partial charge in [0.2, 0.25) is 0 Å². The first kappa shape index (κ1) is 15.0. The van der Waals surface area contributed by atoms with E-state index in [0.717, 1.165) is 13.0 Å². The monoisotopic (exact) mass is 273 g/mol. The molecule has 1 N–H and O–H groups in total. The fourth-order valence-corrected chi connectivity index (χ4v) is 1.74. The maximum Gasteiger partial charge on any atom is 0.323 e. The lowest BCUT2D eigenvalue weighted by molar-refractivity contribution is -0.145. The second kappa shape index (κ2) is 8.11. The predicted molar refractivity (Wildman–Crippen MR) is 70.6 cm³/mol. The lowest BCUT2D eigenvalue weighted by atomic mass is 10.2. The predicted octanol–water partition coefficient (Wildman–Crippen LogP) is 1.86. The maximum absolute atomic E-state index is 11.7. The topological polar surface area (TPSA) is 56.2 Å². The van der Waals surface area contributed by atoms with Crippen molar-refractivity contribution < 1.29 is 9.53 Å². The molecular formula is C12H20ClN3O2. The molecule has 5 nitrogen and oxygen atoms in total. The molecule has 0 aliphatic heterocycles. The first-order chi connectivity index (χ1) is 8.67. The van der Waals surface area contributed by atoms with E-state index in [2.05, 4.69) is 17.3 Å². The Hall–Kier alpha value is -1.07. The van der Waals surface area contributed by atoms with Gasteiger partial charge in [0.05, 0.1) is 17.8 Å². The molecule has 1 rings (SSSR count). The van der Waals surface area contributed by atoms with Crippen molar-refractivity contribution >= 4 is 17.6 Å². The molecule has 18 heavy (non-hydrogen) atoms. The summed E-state index contributed by atoms with van der Waals surface area (Å²) in [5.41, 5.74) is 0. The van der Waals surface area contributed by atoms with Gasteiger partial charge in [-0.1, -0.05) is 18.5 Å². The van der Waals surface area contributed by atoms with E-state index < -0.39 is 0 Å². The van der Waals surface area contributed by atoms with Crippen LogP contribution in [0.5, 0.6) is 0 Å². The molecule has 1 aromatic rings. The van der Waals surface area contributed by atoms with E-state index in [1.165, 1.54) is 0 Å². The molecule has 0 aliphatic rings. The van der Waals surface area contributed by atoms with Gasteiger partial charge in [0.15, 0.2) is 0 Å². The zero-order chi connectivity index (χ0) is 13.4. The number of halogens is 1. The Morgan fingerprint density at radius 2 is 2.39 bits per heavy atom. The number of aromatic nitrogens is 2. The smallest absolute Gasteiger partial charge is 0.323 e. The third kappa shape index (κ3) is 5.06. The summed E-state index contributed by atoms with van der Waals surface area (Å²) in [6, 6.07) is -0.284. The standard InChI is InChI=1S/C12H20ClN3O2/c1-3-6-14-11(12(17)18-4-2)5-7-16-9-10(13)8-15-16/h8-9,11,14H,3-7H2,1-2H3. The number of aryl methyl sites for hydroxylation is 1. The molecule has 0 aromatic carbocycles. The van der Waals surface area contributed by atoms with Crippen LogP contribution in [-0.2, 0) is 16.1 Å². The van der Waals surface area contributed by atoms with Gasteiger partial charge in [-0.05, 0) is 26.3 Å². The molecule has 0 saturated heterocycles. The zero-order valence-electron chi connectivity index (χ0n) is 10.9. The number of carbonyl (C=O) groups is 1. The average molecular weight is 274 g/mol. The number of carbonyl (C=O) groups excluding carboxylic acids is 1. The number of nitrogens with one attached hydrogen (secondary N) is 1. The van der Waals surface area contributed by atoms with E-state index in [1.807, 2.05) is 6.92 Å². The molecule has 0 radical (unpaired) electrons. The fourth-order valence-electron chi connectivity index (χ4n) is 1.59. The summed E-state index contributed by atoms with van der Waals surface area (Å²) < 4.78 is 6.76. The minimum atomic E-state index is -0.284. The molecule has 0 amide bonds. The van der Waals surface area contributed by atoms with Gasteiger partial charge >= 0.3 is 5.97 Å². The first-order valence-electron chi connectivity index (χ1n) is 6.25. The quantitative estimate of drug-likeness (QED) is 0.735. The minimum Gasteiger partial charge on any atom is -0.465 e. The highest BCUT2D eigenvalue weighted by atomic mass is 35.5. The van der Waals surface area contributed by atoms with Gasteiger partial charge in [0.25, 0.3) is 0 Å². The van der Waals surface area contributed by atoms with Crippen molar-refractivity contribution in [1.82, 2.24) is 15.1 Å². The molecule has 1 aromatic heterocycles. The van der Waals surface area contributed by atoms with Gasteiger partial charge < -0.3 is 10.1 Å². The van der Waals surface area contributed by atoms with Crippen molar-refractivity contribution in [1.29, 1.82) is 0 Å². The summed E-state index contributed by atoms with van der Waals surface area (Å²) in [6.45, 7) is 5.69. The highest BCUT2D eigenvalue weighted by Crippen LogP contribution is 2.06. The third-order valence-corrected chi connectivity index (χ3v) is 2.66. The van der Waals surface area contributed by atoms with Crippen molar-refractivity contribution in [3.63, 3.8) is 0 Å². The number of hydrogen-bond acceptors (Lipinski definition) is 4.